The van der Waals surface area contributed by atoms with Crippen molar-refractivity contribution in [1.29, 1.82) is 0 Å². The first kappa shape index (κ1) is 20.7. The van der Waals surface area contributed by atoms with Crippen LogP contribution >= 0.6 is 15.9 Å². The largest absolute Gasteiger partial charge is 0.488 e. The lowest BCUT2D eigenvalue weighted by atomic mass is 9.75. The van der Waals surface area contributed by atoms with Crippen LogP contribution in [0.15, 0.2) is 59.1 Å². The average Bonchev–Trinajstić information content (AvgIpc) is 3.16. The lowest BCUT2D eigenvalue weighted by Gasteiger charge is -2.24. The number of ether oxygens (including phenoxy) is 2. The minimum Gasteiger partial charge on any atom is -0.488 e. The van der Waals surface area contributed by atoms with E-state index < -0.39 is 5.41 Å². The standard InChI is InChI=1S/C24H24BrNO4/c1-15-9-19-14-30-23(28)24(19,11-15)12-18-5-8-22(21(25)10-18)29-13-17-3-6-20(7-4-17)26-16(2)27/h3-8,10,19H,1,9,11-14H2,2H3,(H,26,27). The topological polar surface area (TPSA) is 64.6 Å². The summed E-state index contributed by atoms with van der Waals surface area (Å²) in [5, 5.41) is 2.75. The lowest BCUT2D eigenvalue weighted by Crippen LogP contribution is -2.31. The van der Waals surface area contributed by atoms with Gasteiger partial charge in [0.2, 0.25) is 5.91 Å². The van der Waals surface area contributed by atoms with Crippen molar-refractivity contribution >= 4 is 33.5 Å². The Morgan fingerprint density at radius 3 is 2.70 bits per heavy atom. The minimum absolute atomic E-state index is 0.0923. The summed E-state index contributed by atoms with van der Waals surface area (Å²) in [4.78, 5) is 23.6. The number of cyclic esters (lactones) is 1. The first-order valence-electron chi connectivity index (χ1n) is 9.97. The Morgan fingerprint density at radius 2 is 2.00 bits per heavy atom. The molecular formula is C24H24BrNO4. The van der Waals surface area contributed by atoms with E-state index in [0.29, 0.717) is 26.1 Å². The molecule has 6 heteroatoms. The van der Waals surface area contributed by atoms with E-state index in [9.17, 15) is 9.59 Å². The molecule has 0 spiro atoms. The van der Waals surface area contributed by atoms with Crippen molar-refractivity contribution in [2.24, 2.45) is 11.3 Å². The number of nitrogens with one attached hydrogen (secondary N) is 1. The molecule has 1 N–H and O–H groups in total. The molecule has 2 aromatic rings. The minimum atomic E-state index is -0.464. The van der Waals surface area contributed by atoms with Gasteiger partial charge in [0.15, 0.2) is 0 Å². The van der Waals surface area contributed by atoms with Crippen LogP contribution in [-0.2, 0) is 27.4 Å². The third-order valence-electron chi connectivity index (χ3n) is 5.89. The highest BCUT2D eigenvalue weighted by Crippen LogP contribution is 2.52. The molecule has 5 nitrogen and oxygen atoms in total. The van der Waals surface area contributed by atoms with Crippen LogP contribution in [0.5, 0.6) is 5.75 Å². The number of hydrogen-bond donors (Lipinski definition) is 1. The molecule has 1 saturated carbocycles. The first-order chi connectivity index (χ1) is 14.4. The third kappa shape index (κ3) is 4.15. The number of amides is 1. The number of halogens is 1. The van der Waals surface area contributed by atoms with Crippen LogP contribution < -0.4 is 10.1 Å². The van der Waals surface area contributed by atoms with E-state index in [1.54, 1.807) is 0 Å². The van der Waals surface area contributed by atoms with Crippen molar-refractivity contribution in [2.45, 2.75) is 32.8 Å². The van der Waals surface area contributed by atoms with Crippen LogP contribution in [0.4, 0.5) is 5.69 Å². The van der Waals surface area contributed by atoms with E-state index in [1.807, 2.05) is 42.5 Å². The normalized spacial score (nSPS) is 22.5. The maximum atomic E-state index is 12.5. The van der Waals surface area contributed by atoms with Crippen LogP contribution in [0.2, 0.25) is 0 Å². The van der Waals surface area contributed by atoms with Crippen LogP contribution in [0.25, 0.3) is 0 Å². The molecule has 0 radical (unpaired) electrons. The van der Waals surface area contributed by atoms with E-state index in [4.69, 9.17) is 9.47 Å². The monoisotopic (exact) mass is 469 g/mol. The summed E-state index contributed by atoms with van der Waals surface area (Å²) < 4.78 is 12.2. The third-order valence-corrected chi connectivity index (χ3v) is 6.51. The number of anilines is 1. The average molecular weight is 470 g/mol. The Balaban J connectivity index is 1.42. The number of hydrogen-bond acceptors (Lipinski definition) is 4. The van der Waals surface area contributed by atoms with Crippen LogP contribution in [-0.4, -0.2) is 18.5 Å². The summed E-state index contributed by atoms with van der Waals surface area (Å²) in [7, 11) is 0. The van der Waals surface area contributed by atoms with Gasteiger partial charge < -0.3 is 14.8 Å². The van der Waals surface area contributed by atoms with Gasteiger partial charge in [-0.05, 0) is 70.6 Å². The molecule has 1 amide bonds. The number of benzene rings is 2. The number of rotatable bonds is 6. The van der Waals surface area contributed by atoms with Crippen molar-refractivity contribution in [3.63, 3.8) is 0 Å². The Bertz CT molecular complexity index is 1000. The fourth-order valence-corrected chi connectivity index (χ4v) is 4.99. The molecule has 1 aliphatic heterocycles. The Kier molecular flexibility index (Phi) is 5.69. The lowest BCUT2D eigenvalue weighted by molar-refractivity contribution is -0.146. The summed E-state index contributed by atoms with van der Waals surface area (Å²) >= 11 is 3.60. The van der Waals surface area contributed by atoms with E-state index in [0.717, 1.165) is 39.0 Å². The highest BCUT2D eigenvalue weighted by Gasteiger charge is 2.55. The van der Waals surface area contributed by atoms with Gasteiger partial charge in [-0.15, -0.1) is 0 Å². The number of carbonyl (C=O) groups excluding carboxylic acids is 2. The van der Waals surface area contributed by atoms with Crippen molar-refractivity contribution in [2.75, 3.05) is 11.9 Å². The van der Waals surface area contributed by atoms with Gasteiger partial charge in [-0.25, -0.2) is 0 Å². The zero-order valence-corrected chi connectivity index (χ0v) is 18.5. The second-order valence-electron chi connectivity index (χ2n) is 8.19. The molecule has 1 saturated heterocycles. The molecule has 0 aromatic heterocycles. The van der Waals surface area contributed by atoms with Gasteiger partial charge in [0.25, 0.3) is 0 Å². The number of allylic oxidation sites excluding steroid dienone is 1. The van der Waals surface area contributed by atoms with Gasteiger partial charge in [-0.1, -0.05) is 30.4 Å². The van der Waals surface area contributed by atoms with Gasteiger partial charge in [0.1, 0.15) is 12.4 Å². The van der Waals surface area contributed by atoms with Gasteiger partial charge in [0.05, 0.1) is 16.5 Å². The number of carbonyl (C=O) groups is 2. The first-order valence-corrected chi connectivity index (χ1v) is 10.8. The molecule has 1 heterocycles. The zero-order valence-electron chi connectivity index (χ0n) is 16.9. The maximum absolute atomic E-state index is 12.5. The van der Waals surface area contributed by atoms with Crippen LogP contribution in [0.1, 0.15) is 30.9 Å². The quantitative estimate of drug-likeness (QED) is 0.475. The highest BCUT2D eigenvalue weighted by atomic mass is 79.9. The van der Waals surface area contributed by atoms with Crippen molar-refractivity contribution in [3.05, 3.63) is 70.2 Å². The molecule has 2 aromatic carbocycles. The molecule has 2 unspecified atom stereocenters. The molecule has 156 valence electrons. The molecule has 1 aliphatic carbocycles. The smallest absolute Gasteiger partial charge is 0.313 e. The SMILES string of the molecule is C=C1CC2COC(=O)C2(Cc2ccc(OCc3ccc(NC(C)=O)cc3)c(Br)c2)C1. The van der Waals surface area contributed by atoms with E-state index >= 15 is 0 Å². The van der Waals surface area contributed by atoms with Gasteiger partial charge >= 0.3 is 5.97 Å². The van der Waals surface area contributed by atoms with Crippen molar-refractivity contribution in [1.82, 2.24) is 0 Å². The predicted molar refractivity (Wildman–Crippen MR) is 118 cm³/mol. The summed E-state index contributed by atoms with van der Waals surface area (Å²) in [6.07, 6.45) is 2.23. The fourth-order valence-electron chi connectivity index (χ4n) is 4.45. The molecule has 30 heavy (non-hydrogen) atoms. The summed E-state index contributed by atoms with van der Waals surface area (Å²) in [6.45, 7) is 6.50. The van der Waals surface area contributed by atoms with Gasteiger partial charge in [-0.3, -0.25) is 9.59 Å². The van der Waals surface area contributed by atoms with E-state index in [-0.39, 0.29) is 17.8 Å². The summed E-state index contributed by atoms with van der Waals surface area (Å²) in [6, 6.07) is 13.5. The Hall–Kier alpha value is -2.60. The molecule has 4 rings (SSSR count). The Labute approximate surface area is 184 Å². The Morgan fingerprint density at radius 1 is 1.27 bits per heavy atom. The second-order valence-corrected chi connectivity index (χ2v) is 9.05. The molecule has 0 bridgehead atoms. The van der Waals surface area contributed by atoms with E-state index in [2.05, 4.69) is 27.8 Å². The molecular weight excluding hydrogens is 446 g/mol. The number of fused-ring (bicyclic) bond motifs is 1. The fraction of sp³-hybridized carbons (Fsp3) is 0.333. The summed E-state index contributed by atoms with van der Waals surface area (Å²) in [5.74, 6) is 0.781. The molecule has 2 fully saturated rings. The van der Waals surface area contributed by atoms with Crippen LogP contribution in [0, 0.1) is 11.3 Å². The van der Waals surface area contributed by atoms with Gasteiger partial charge in [-0.2, -0.15) is 0 Å². The predicted octanol–water partition coefficient (Wildman–Crippen LogP) is 5.04. The second kappa shape index (κ2) is 8.26. The van der Waals surface area contributed by atoms with Crippen LogP contribution in [0.3, 0.4) is 0 Å². The van der Waals surface area contributed by atoms with Crippen molar-refractivity contribution < 1.29 is 19.1 Å². The maximum Gasteiger partial charge on any atom is 0.313 e. The van der Waals surface area contributed by atoms with Gasteiger partial charge in [0, 0.05) is 18.5 Å². The molecule has 2 atom stereocenters. The highest BCUT2D eigenvalue weighted by molar-refractivity contribution is 9.10. The van der Waals surface area contributed by atoms with Crippen molar-refractivity contribution in [3.8, 4) is 5.75 Å². The number of esters is 1. The molecule has 2 aliphatic rings. The summed E-state index contributed by atoms with van der Waals surface area (Å²) in [5.41, 5.74) is 3.51. The van der Waals surface area contributed by atoms with E-state index in [1.165, 1.54) is 6.92 Å². The zero-order chi connectivity index (χ0) is 21.3.